The van der Waals surface area contributed by atoms with Gasteiger partial charge in [-0.05, 0) is 49.2 Å². The highest BCUT2D eigenvalue weighted by molar-refractivity contribution is 7.59. The van der Waals surface area contributed by atoms with Gasteiger partial charge in [0.05, 0.1) is 15.6 Å². The lowest BCUT2D eigenvalue weighted by molar-refractivity contribution is 0.197. The van der Waals surface area contributed by atoms with Crippen molar-refractivity contribution in [3.63, 3.8) is 0 Å². The molecule has 3 aromatic rings. The molecule has 1 atom stereocenters. The van der Waals surface area contributed by atoms with Crippen molar-refractivity contribution in [2.45, 2.75) is 25.3 Å². The number of halogens is 3. The van der Waals surface area contributed by atoms with E-state index in [0.29, 0.717) is 26.8 Å². The molecule has 4 nitrogen and oxygen atoms in total. The van der Waals surface area contributed by atoms with Gasteiger partial charge in [0.1, 0.15) is 11.0 Å². The molecule has 2 aromatic heterocycles. The quantitative estimate of drug-likeness (QED) is 0.566. The molecule has 0 radical (unpaired) electrons. The van der Waals surface area contributed by atoms with Gasteiger partial charge in [0, 0.05) is 19.0 Å². The van der Waals surface area contributed by atoms with Crippen LogP contribution in [0.5, 0.6) is 0 Å². The molecular weight excluding hydrogens is 411 g/mol. The number of hydrogen-bond acceptors (Lipinski definition) is 3. The van der Waals surface area contributed by atoms with Gasteiger partial charge < -0.3 is 4.98 Å². The standard InChI is InChI=1S/C18H17Cl3N4.H2S/c19-13-4-3-11(8-14(13)20)9-25-7-1-2-12(10-25)17-22-15-5-6-16(21)23-18(15)24-17;/h3-6,8,12H,1-2,7,9-10H2,(H,22,23,24);1H2/t12-;/m0./s1. The molecule has 1 N–H and O–H groups in total. The number of piperidine rings is 1. The Morgan fingerprint density at radius 3 is 2.73 bits per heavy atom. The van der Waals surface area contributed by atoms with Crippen LogP contribution in [-0.2, 0) is 6.54 Å². The van der Waals surface area contributed by atoms with E-state index < -0.39 is 0 Å². The van der Waals surface area contributed by atoms with Crippen LogP contribution in [0.1, 0.15) is 30.1 Å². The molecule has 1 saturated heterocycles. The lowest BCUT2D eigenvalue weighted by Gasteiger charge is -2.31. The number of fused-ring (bicyclic) bond motifs is 1. The Bertz CT molecular complexity index is 915. The minimum Gasteiger partial charge on any atom is -0.340 e. The van der Waals surface area contributed by atoms with E-state index >= 15 is 0 Å². The Hall–Kier alpha value is -0.980. The molecule has 26 heavy (non-hydrogen) atoms. The molecule has 8 heteroatoms. The average Bonchev–Trinajstić information content (AvgIpc) is 3.02. The zero-order valence-electron chi connectivity index (χ0n) is 14.0. The van der Waals surface area contributed by atoms with Crippen molar-refractivity contribution in [3.05, 3.63) is 56.9 Å². The minimum atomic E-state index is 0. The second-order valence-electron chi connectivity index (χ2n) is 6.45. The van der Waals surface area contributed by atoms with Crippen LogP contribution in [0.2, 0.25) is 15.2 Å². The highest BCUT2D eigenvalue weighted by Crippen LogP contribution is 2.29. The van der Waals surface area contributed by atoms with E-state index in [-0.39, 0.29) is 13.5 Å². The molecule has 0 amide bonds. The zero-order valence-corrected chi connectivity index (χ0v) is 17.2. The van der Waals surface area contributed by atoms with Crippen LogP contribution in [0, 0.1) is 0 Å². The SMILES string of the molecule is Clc1ccc2[nH]c([C@H]3CCCN(Cc4ccc(Cl)c(Cl)c4)C3)nc2n1.S. The van der Waals surface area contributed by atoms with E-state index in [0.717, 1.165) is 43.8 Å². The molecule has 1 aliphatic heterocycles. The smallest absolute Gasteiger partial charge is 0.179 e. The summed E-state index contributed by atoms with van der Waals surface area (Å²) in [6.45, 7) is 2.88. The van der Waals surface area contributed by atoms with Crippen LogP contribution in [0.3, 0.4) is 0 Å². The van der Waals surface area contributed by atoms with E-state index in [1.165, 1.54) is 5.56 Å². The number of nitrogens with zero attached hydrogens (tertiary/aromatic N) is 3. The van der Waals surface area contributed by atoms with Crippen molar-refractivity contribution in [2.24, 2.45) is 0 Å². The highest BCUT2D eigenvalue weighted by atomic mass is 35.5. The number of benzene rings is 1. The fourth-order valence-corrected chi connectivity index (χ4v) is 3.86. The van der Waals surface area contributed by atoms with Gasteiger partial charge in [-0.25, -0.2) is 9.97 Å². The topological polar surface area (TPSA) is 44.8 Å². The maximum atomic E-state index is 6.13. The second kappa shape index (κ2) is 8.36. The number of aromatic nitrogens is 3. The number of rotatable bonds is 3. The molecule has 0 aliphatic carbocycles. The Labute approximate surface area is 174 Å². The van der Waals surface area contributed by atoms with Crippen molar-refractivity contribution in [1.29, 1.82) is 0 Å². The van der Waals surface area contributed by atoms with Gasteiger partial charge in [-0.15, -0.1) is 0 Å². The van der Waals surface area contributed by atoms with Crippen LogP contribution in [-0.4, -0.2) is 32.9 Å². The minimum absolute atomic E-state index is 0. The summed E-state index contributed by atoms with van der Waals surface area (Å²) in [5, 5.41) is 1.67. The summed E-state index contributed by atoms with van der Waals surface area (Å²) in [4.78, 5) is 14.8. The summed E-state index contributed by atoms with van der Waals surface area (Å²) in [5.41, 5.74) is 2.79. The molecule has 0 bridgehead atoms. The van der Waals surface area contributed by atoms with Crippen molar-refractivity contribution < 1.29 is 0 Å². The maximum absolute atomic E-state index is 6.13. The molecule has 4 rings (SSSR count). The Morgan fingerprint density at radius 2 is 1.92 bits per heavy atom. The Morgan fingerprint density at radius 1 is 1.08 bits per heavy atom. The van der Waals surface area contributed by atoms with Gasteiger partial charge in [-0.2, -0.15) is 13.5 Å². The third kappa shape index (κ3) is 4.29. The third-order valence-electron chi connectivity index (χ3n) is 4.61. The van der Waals surface area contributed by atoms with E-state index in [9.17, 15) is 0 Å². The number of pyridine rings is 1. The predicted octanol–water partition coefficient (Wildman–Crippen LogP) is 5.41. The van der Waals surface area contributed by atoms with Gasteiger partial charge in [0.25, 0.3) is 0 Å². The molecule has 0 saturated carbocycles. The van der Waals surface area contributed by atoms with Crippen LogP contribution < -0.4 is 0 Å². The van der Waals surface area contributed by atoms with E-state index in [1.54, 1.807) is 6.07 Å². The first-order valence-corrected chi connectivity index (χ1v) is 9.40. The first-order valence-electron chi connectivity index (χ1n) is 8.27. The number of H-pyrrole nitrogens is 1. The zero-order chi connectivity index (χ0) is 17.4. The highest BCUT2D eigenvalue weighted by Gasteiger charge is 2.24. The number of imidazole rings is 1. The average molecular weight is 430 g/mol. The van der Waals surface area contributed by atoms with Crippen LogP contribution in [0.25, 0.3) is 11.2 Å². The summed E-state index contributed by atoms with van der Waals surface area (Å²) in [6.07, 6.45) is 2.25. The van der Waals surface area contributed by atoms with Crippen LogP contribution >= 0.6 is 48.3 Å². The molecule has 3 heterocycles. The van der Waals surface area contributed by atoms with Gasteiger partial charge >= 0.3 is 0 Å². The predicted molar refractivity (Wildman–Crippen MR) is 113 cm³/mol. The monoisotopic (exact) mass is 428 g/mol. The molecular formula is C18H19Cl3N4S. The molecule has 0 spiro atoms. The summed E-state index contributed by atoms with van der Waals surface area (Å²) in [5.74, 6) is 1.35. The summed E-state index contributed by atoms with van der Waals surface area (Å²) in [6, 6.07) is 9.54. The summed E-state index contributed by atoms with van der Waals surface area (Å²) < 4.78 is 0. The van der Waals surface area contributed by atoms with Crippen molar-refractivity contribution >= 4 is 59.5 Å². The molecule has 1 fully saturated rings. The normalized spacial score (nSPS) is 18.0. The first kappa shape index (κ1) is 19.8. The largest absolute Gasteiger partial charge is 0.340 e. The Kier molecular flexibility index (Phi) is 6.36. The van der Waals surface area contributed by atoms with Crippen LogP contribution in [0.15, 0.2) is 30.3 Å². The molecule has 1 aromatic carbocycles. The van der Waals surface area contributed by atoms with Gasteiger partial charge in [-0.3, -0.25) is 4.90 Å². The molecule has 138 valence electrons. The third-order valence-corrected chi connectivity index (χ3v) is 5.56. The number of aromatic amines is 1. The Balaban J connectivity index is 0.00000196. The number of hydrogen-bond donors (Lipinski definition) is 1. The molecule has 1 aliphatic rings. The van der Waals surface area contributed by atoms with Crippen molar-refractivity contribution in [3.8, 4) is 0 Å². The van der Waals surface area contributed by atoms with Gasteiger partial charge in [0.2, 0.25) is 0 Å². The fraction of sp³-hybridized carbons (Fsp3) is 0.333. The molecule has 0 unspecified atom stereocenters. The van der Waals surface area contributed by atoms with Crippen molar-refractivity contribution in [2.75, 3.05) is 13.1 Å². The van der Waals surface area contributed by atoms with E-state index in [2.05, 4.69) is 19.9 Å². The lowest BCUT2D eigenvalue weighted by Crippen LogP contribution is -2.34. The maximum Gasteiger partial charge on any atom is 0.179 e. The lowest BCUT2D eigenvalue weighted by atomic mass is 9.97. The van der Waals surface area contributed by atoms with E-state index in [4.69, 9.17) is 34.8 Å². The van der Waals surface area contributed by atoms with Gasteiger partial charge in [-0.1, -0.05) is 40.9 Å². The summed E-state index contributed by atoms with van der Waals surface area (Å²) in [7, 11) is 0. The second-order valence-corrected chi connectivity index (χ2v) is 7.65. The fourth-order valence-electron chi connectivity index (χ4n) is 3.40. The van der Waals surface area contributed by atoms with Crippen LogP contribution in [0.4, 0.5) is 0 Å². The van der Waals surface area contributed by atoms with E-state index in [1.807, 2.05) is 24.3 Å². The van der Waals surface area contributed by atoms with Crippen molar-refractivity contribution in [1.82, 2.24) is 19.9 Å². The summed E-state index contributed by atoms with van der Waals surface area (Å²) >= 11 is 18.1. The van der Waals surface area contributed by atoms with Gasteiger partial charge in [0.15, 0.2) is 5.65 Å². The first-order chi connectivity index (χ1) is 12.1. The number of nitrogens with one attached hydrogen (secondary N) is 1. The number of likely N-dealkylation sites (tertiary alicyclic amines) is 1.